The van der Waals surface area contributed by atoms with Gasteiger partial charge >= 0.3 is 0 Å². The third-order valence-electron chi connectivity index (χ3n) is 6.47. The number of hydrogen-bond acceptors (Lipinski definition) is 3. The van der Waals surface area contributed by atoms with Crippen LogP contribution in [0.5, 0.6) is 0 Å². The lowest BCUT2D eigenvalue weighted by atomic mass is 9.79. The van der Waals surface area contributed by atoms with Crippen molar-refractivity contribution < 1.29 is 0 Å². The molecule has 0 spiro atoms. The smallest absolute Gasteiger partial charge is 0.0361 e. The number of likely N-dealkylation sites (N-methyl/N-ethyl adjacent to an activating group) is 1. The zero-order chi connectivity index (χ0) is 13.5. The van der Waals surface area contributed by atoms with E-state index in [-0.39, 0.29) is 0 Å². The summed E-state index contributed by atoms with van der Waals surface area (Å²) in [5.74, 6) is 0. The first-order valence-electron chi connectivity index (χ1n) is 8.31. The van der Waals surface area contributed by atoms with E-state index in [4.69, 9.17) is 5.73 Å². The van der Waals surface area contributed by atoms with Crippen LogP contribution in [-0.4, -0.2) is 54.1 Å². The highest BCUT2D eigenvalue weighted by atomic mass is 15.3. The van der Waals surface area contributed by atoms with Gasteiger partial charge in [0.05, 0.1) is 0 Å². The Morgan fingerprint density at radius 2 is 1.63 bits per heavy atom. The molecule has 3 aliphatic rings. The lowest BCUT2D eigenvalue weighted by molar-refractivity contribution is -0.0159. The molecule has 110 valence electrons. The second-order valence-corrected chi connectivity index (χ2v) is 7.29. The number of fused-ring (bicyclic) bond motifs is 2. The summed E-state index contributed by atoms with van der Waals surface area (Å²) in [6.45, 7) is 0.848. The Kier molecular flexibility index (Phi) is 3.89. The minimum atomic E-state index is 0.292. The zero-order valence-electron chi connectivity index (χ0n) is 12.8. The molecule has 2 atom stereocenters. The van der Waals surface area contributed by atoms with E-state index in [1.165, 1.54) is 57.8 Å². The molecule has 3 fully saturated rings. The third-order valence-corrected chi connectivity index (χ3v) is 6.47. The van der Waals surface area contributed by atoms with Crippen molar-refractivity contribution >= 4 is 0 Å². The lowest BCUT2D eigenvalue weighted by Gasteiger charge is -2.52. The normalized spacial score (nSPS) is 41.1. The molecular weight excluding hydrogens is 234 g/mol. The Bertz CT molecular complexity index is 297. The summed E-state index contributed by atoms with van der Waals surface area (Å²) >= 11 is 0. The van der Waals surface area contributed by atoms with Gasteiger partial charge in [0.1, 0.15) is 0 Å². The third kappa shape index (κ3) is 2.34. The fourth-order valence-corrected chi connectivity index (χ4v) is 5.00. The Balaban J connectivity index is 1.75. The molecule has 0 aromatic carbocycles. The maximum absolute atomic E-state index is 6.28. The second kappa shape index (κ2) is 5.34. The Morgan fingerprint density at radius 3 is 2.16 bits per heavy atom. The monoisotopic (exact) mass is 265 g/mol. The van der Waals surface area contributed by atoms with Crippen molar-refractivity contribution in [1.29, 1.82) is 0 Å². The molecule has 1 aliphatic carbocycles. The summed E-state index contributed by atoms with van der Waals surface area (Å²) in [4.78, 5) is 5.34. The summed E-state index contributed by atoms with van der Waals surface area (Å²) < 4.78 is 0. The summed E-state index contributed by atoms with van der Waals surface area (Å²) in [6.07, 6.45) is 12.4. The lowest BCUT2D eigenvalue weighted by Crippen LogP contribution is -2.63. The average Bonchev–Trinajstić information content (AvgIpc) is 2.69. The van der Waals surface area contributed by atoms with Gasteiger partial charge in [0.2, 0.25) is 0 Å². The van der Waals surface area contributed by atoms with E-state index in [2.05, 4.69) is 23.9 Å². The van der Waals surface area contributed by atoms with E-state index in [1.807, 2.05) is 0 Å². The predicted octanol–water partition coefficient (Wildman–Crippen LogP) is 2.20. The van der Waals surface area contributed by atoms with Crippen molar-refractivity contribution in [2.75, 3.05) is 20.6 Å². The fraction of sp³-hybridized carbons (Fsp3) is 1.00. The Hall–Kier alpha value is -0.120. The minimum absolute atomic E-state index is 0.292. The van der Waals surface area contributed by atoms with Crippen LogP contribution in [0.25, 0.3) is 0 Å². The molecule has 3 heteroatoms. The SMILES string of the molecule is CN1C2CCC1CC(CN)(N(C)C1CCCCC1)C2. The van der Waals surface area contributed by atoms with Gasteiger partial charge in [0, 0.05) is 30.2 Å². The molecule has 0 radical (unpaired) electrons. The number of nitrogens with zero attached hydrogens (tertiary/aromatic N) is 2. The number of hydrogen-bond donors (Lipinski definition) is 1. The van der Waals surface area contributed by atoms with Crippen LogP contribution in [0.4, 0.5) is 0 Å². The van der Waals surface area contributed by atoms with Crippen LogP contribution >= 0.6 is 0 Å². The van der Waals surface area contributed by atoms with Crippen LogP contribution < -0.4 is 5.73 Å². The van der Waals surface area contributed by atoms with E-state index in [9.17, 15) is 0 Å². The molecule has 1 saturated carbocycles. The Morgan fingerprint density at radius 1 is 1.05 bits per heavy atom. The van der Waals surface area contributed by atoms with Gasteiger partial charge in [-0.2, -0.15) is 0 Å². The molecule has 3 rings (SSSR count). The maximum atomic E-state index is 6.28. The molecule has 2 unspecified atom stereocenters. The molecule has 0 amide bonds. The molecule has 2 heterocycles. The van der Waals surface area contributed by atoms with E-state index < -0.39 is 0 Å². The van der Waals surface area contributed by atoms with Crippen LogP contribution in [0.15, 0.2) is 0 Å². The summed E-state index contributed by atoms with van der Waals surface area (Å²) in [5.41, 5.74) is 6.58. The number of piperidine rings is 1. The molecule has 2 N–H and O–H groups in total. The average molecular weight is 265 g/mol. The molecule has 0 aromatic heterocycles. The van der Waals surface area contributed by atoms with Gasteiger partial charge in [0.15, 0.2) is 0 Å². The largest absolute Gasteiger partial charge is 0.329 e. The highest BCUT2D eigenvalue weighted by Gasteiger charge is 2.49. The van der Waals surface area contributed by atoms with Gasteiger partial charge in [0.25, 0.3) is 0 Å². The summed E-state index contributed by atoms with van der Waals surface area (Å²) in [7, 11) is 4.69. The topological polar surface area (TPSA) is 32.5 Å². The molecule has 2 aliphatic heterocycles. The first-order valence-corrected chi connectivity index (χ1v) is 8.31. The maximum Gasteiger partial charge on any atom is 0.0361 e. The molecule has 2 saturated heterocycles. The van der Waals surface area contributed by atoms with Crippen LogP contribution in [-0.2, 0) is 0 Å². The van der Waals surface area contributed by atoms with Crippen molar-refractivity contribution in [3.05, 3.63) is 0 Å². The van der Waals surface area contributed by atoms with Gasteiger partial charge in [-0.1, -0.05) is 19.3 Å². The van der Waals surface area contributed by atoms with Crippen molar-refractivity contribution in [1.82, 2.24) is 9.80 Å². The molecular formula is C16H31N3. The van der Waals surface area contributed by atoms with Crippen LogP contribution in [0.1, 0.15) is 57.8 Å². The van der Waals surface area contributed by atoms with Crippen molar-refractivity contribution in [2.24, 2.45) is 5.73 Å². The van der Waals surface area contributed by atoms with Gasteiger partial charge in [-0.25, -0.2) is 0 Å². The first-order chi connectivity index (χ1) is 9.16. The molecule has 19 heavy (non-hydrogen) atoms. The second-order valence-electron chi connectivity index (χ2n) is 7.29. The molecule has 3 nitrogen and oxygen atoms in total. The molecule has 0 aromatic rings. The quantitative estimate of drug-likeness (QED) is 0.849. The predicted molar refractivity (Wildman–Crippen MR) is 80.2 cm³/mol. The van der Waals surface area contributed by atoms with Crippen LogP contribution in [0.3, 0.4) is 0 Å². The summed E-state index contributed by atoms with van der Waals surface area (Å²) in [5, 5.41) is 0. The van der Waals surface area contributed by atoms with Gasteiger partial charge < -0.3 is 10.6 Å². The van der Waals surface area contributed by atoms with Crippen LogP contribution in [0, 0.1) is 0 Å². The summed E-state index contributed by atoms with van der Waals surface area (Å²) in [6, 6.07) is 2.36. The van der Waals surface area contributed by atoms with Gasteiger partial charge in [-0.05, 0) is 52.6 Å². The molecule has 2 bridgehead atoms. The Labute approximate surface area is 118 Å². The highest BCUT2D eigenvalue weighted by Crippen LogP contribution is 2.43. The van der Waals surface area contributed by atoms with Crippen molar-refractivity contribution in [3.8, 4) is 0 Å². The zero-order valence-corrected chi connectivity index (χ0v) is 12.8. The van der Waals surface area contributed by atoms with Gasteiger partial charge in [-0.15, -0.1) is 0 Å². The van der Waals surface area contributed by atoms with E-state index in [0.29, 0.717) is 5.54 Å². The van der Waals surface area contributed by atoms with Crippen molar-refractivity contribution in [3.63, 3.8) is 0 Å². The highest BCUT2D eigenvalue weighted by molar-refractivity contribution is 5.07. The van der Waals surface area contributed by atoms with Gasteiger partial charge in [-0.3, -0.25) is 4.90 Å². The fourth-order valence-electron chi connectivity index (χ4n) is 5.00. The minimum Gasteiger partial charge on any atom is -0.329 e. The first kappa shape index (κ1) is 13.8. The number of rotatable bonds is 3. The van der Waals surface area contributed by atoms with E-state index in [1.54, 1.807) is 0 Å². The van der Waals surface area contributed by atoms with Crippen LogP contribution in [0.2, 0.25) is 0 Å². The van der Waals surface area contributed by atoms with Crippen molar-refractivity contribution in [2.45, 2.75) is 81.5 Å². The van der Waals surface area contributed by atoms with E-state index >= 15 is 0 Å². The standard InChI is InChI=1S/C16H31N3/c1-18-14-8-9-15(18)11-16(10-14,12-17)19(2)13-6-4-3-5-7-13/h13-15H,3-12,17H2,1-2H3. The van der Waals surface area contributed by atoms with E-state index in [0.717, 1.165) is 24.7 Å². The number of nitrogens with two attached hydrogens (primary N) is 1.